The van der Waals surface area contributed by atoms with Gasteiger partial charge in [0.2, 0.25) is 0 Å². The first-order valence-corrected chi connectivity index (χ1v) is 15.1. The monoisotopic (exact) mass is 508 g/mol. The quantitative estimate of drug-likeness (QED) is 0.316. The molecule has 1 aliphatic carbocycles. The van der Waals surface area contributed by atoms with Gasteiger partial charge in [-0.05, 0) is 68.8 Å². The van der Waals surface area contributed by atoms with E-state index in [1.807, 2.05) is 0 Å². The van der Waals surface area contributed by atoms with Gasteiger partial charge in [0.1, 0.15) is 0 Å². The smallest absolute Gasteiger partial charge is 0.194 e. The highest BCUT2D eigenvalue weighted by molar-refractivity contribution is 5.80. The molecule has 3 aliphatic rings. The van der Waals surface area contributed by atoms with E-state index in [1.165, 1.54) is 43.2 Å². The molecule has 0 spiro atoms. The Hall–Kier alpha value is -2.24. The summed E-state index contributed by atoms with van der Waals surface area (Å²) in [6.07, 6.45) is 10.9. The minimum Gasteiger partial charge on any atom is -0.354 e. The molecule has 206 valence electrons. The van der Waals surface area contributed by atoms with Crippen LogP contribution in [0.5, 0.6) is 0 Å². The second-order valence-electron chi connectivity index (χ2n) is 12.3. The van der Waals surface area contributed by atoms with Crippen LogP contribution >= 0.6 is 0 Å². The van der Waals surface area contributed by atoms with Crippen LogP contribution in [0.4, 0.5) is 0 Å². The van der Waals surface area contributed by atoms with E-state index in [9.17, 15) is 0 Å². The van der Waals surface area contributed by atoms with E-state index < -0.39 is 0 Å². The van der Waals surface area contributed by atoms with Crippen LogP contribution in [0.1, 0.15) is 83.3 Å². The molecule has 0 aromatic heterocycles. The first kappa shape index (κ1) is 27.8. The van der Waals surface area contributed by atoms with Gasteiger partial charge in [-0.25, -0.2) is 0 Å². The number of unbranched alkanes of at least 4 members (excludes halogenated alkanes) is 1. The highest BCUT2D eigenvalue weighted by atomic mass is 15.4. The molecule has 2 saturated heterocycles. The molecule has 2 aliphatic heterocycles. The van der Waals surface area contributed by atoms with Crippen molar-refractivity contribution < 1.29 is 0 Å². The van der Waals surface area contributed by atoms with Crippen LogP contribution in [-0.4, -0.2) is 71.4 Å². The molecule has 6 heteroatoms. The van der Waals surface area contributed by atoms with Crippen LogP contribution in [-0.2, 0) is 6.42 Å². The molecule has 6 nitrogen and oxygen atoms in total. The van der Waals surface area contributed by atoms with Crippen molar-refractivity contribution in [3.05, 3.63) is 35.4 Å². The number of hydrogen-bond donors (Lipinski definition) is 3. The van der Waals surface area contributed by atoms with Gasteiger partial charge in [-0.15, -0.1) is 0 Å². The highest BCUT2D eigenvalue weighted by Crippen LogP contribution is 2.30. The lowest BCUT2D eigenvalue weighted by molar-refractivity contribution is 0.213. The number of nitrogens with one attached hydrogen (secondary N) is 3. The van der Waals surface area contributed by atoms with Crippen LogP contribution in [0, 0.1) is 35.5 Å². The maximum Gasteiger partial charge on any atom is 0.194 e. The van der Waals surface area contributed by atoms with Crippen LogP contribution in [0.3, 0.4) is 0 Å². The number of guanidine groups is 2. The molecule has 0 amide bonds. The third-order valence-corrected chi connectivity index (χ3v) is 9.44. The Labute approximate surface area is 226 Å². The van der Waals surface area contributed by atoms with Crippen molar-refractivity contribution in [3.63, 3.8) is 0 Å². The molecule has 37 heavy (non-hydrogen) atoms. The maximum atomic E-state index is 8.99. The van der Waals surface area contributed by atoms with Gasteiger partial charge in [-0.1, -0.05) is 69.9 Å². The number of hydrogen-bond acceptors (Lipinski definition) is 2. The van der Waals surface area contributed by atoms with E-state index in [1.54, 1.807) is 0 Å². The van der Waals surface area contributed by atoms with Crippen molar-refractivity contribution >= 4 is 11.9 Å². The molecule has 0 bridgehead atoms. The molecule has 3 fully saturated rings. The zero-order valence-corrected chi connectivity index (χ0v) is 23.9. The second-order valence-corrected chi connectivity index (χ2v) is 12.3. The number of rotatable bonds is 12. The summed E-state index contributed by atoms with van der Waals surface area (Å²) in [6, 6.07) is 9.71. The SMILES string of the molecule is CCC(C)[C@H]1CN(CCCC[C@H]2CNC(=N)N2CC2CCC(C)CC2)C(=N)N1CCc1cccc(C)c1. The summed E-state index contributed by atoms with van der Waals surface area (Å²) >= 11 is 0. The fourth-order valence-electron chi connectivity index (χ4n) is 6.67. The minimum atomic E-state index is 0.440. The predicted octanol–water partition coefficient (Wildman–Crippen LogP) is 5.71. The third kappa shape index (κ3) is 7.20. The Bertz CT molecular complexity index is 891. The lowest BCUT2D eigenvalue weighted by Gasteiger charge is -2.33. The zero-order chi connectivity index (χ0) is 26.4. The molecule has 3 atom stereocenters. The highest BCUT2D eigenvalue weighted by Gasteiger charge is 2.36. The van der Waals surface area contributed by atoms with Crippen molar-refractivity contribution in [1.29, 1.82) is 10.8 Å². The van der Waals surface area contributed by atoms with E-state index in [4.69, 9.17) is 10.8 Å². The minimum absolute atomic E-state index is 0.440. The molecular weight excluding hydrogens is 456 g/mol. The van der Waals surface area contributed by atoms with Gasteiger partial charge in [0.05, 0.1) is 6.04 Å². The largest absolute Gasteiger partial charge is 0.354 e. The first-order valence-electron chi connectivity index (χ1n) is 15.1. The molecule has 3 N–H and O–H groups in total. The summed E-state index contributed by atoms with van der Waals surface area (Å²) in [5, 5.41) is 20.7. The predicted molar refractivity (Wildman–Crippen MR) is 155 cm³/mol. The lowest BCUT2D eigenvalue weighted by atomic mass is 9.82. The molecular formula is C31H52N6. The van der Waals surface area contributed by atoms with Gasteiger partial charge in [0.25, 0.3) is 0 Å². The summed E-state index contributed by atoms with van der Waals surface area (Å²) in [7, 11) is 0. The third-order valence-electron chi connectivity index (χ3n) is 9.44. The van der Waals surface area contributed by atoms with Gasteiger partial charge in [-0.3, -0.25) is 10.8 Å². The molecule has 1 aromatic rings. The van der Waals surface area contributed by atoms with Crippen LogP contribution in [0.15, 0.2) is 24.3 Å². The van der Waals surface area contributed by atoms with Gasteiger partial charge in [0, 0.05) is 38.8 Å². The van der Waals surface area contributed by atoms with Gasteiger partial charge in [-0.2, -0.15) is 0 Å². The summed E-state index contributed by atoms with van der Waals surface area (Å²) in [5.74, 6) is 3.61. The molecule has 1 aromatic carbocycles. The summed E-state index contributed by atoms with van der Waals surface area (Å²) in [4.78, 5) is 7.08. The Morgan fingerprint density at radius 1 is 1.05 bits per heavy atom. The number of benzene rings is 1. The van der Waals surface area contributed by atoms with Crippen LogP contribution in [0.2, 0.25) is 0 Å². The van der Waals surface area contributed by atoms with Crippen molar-refractivity contribution in [1.82, 2.24) is 20.0 Å². The fourth-order valence-corrected chi connectivity index (χ4v) is 6.67. The Balaban J connectivity index is 1.25. The van der Waals surface area contributed by atoms with Gasteiger partial charge < -0.3 is 20.0 Å². The van der Waals surface area contributed by atoms with E-state index in [0.29, 0.717) is 24.0 Å². The standard InChI is InChI=1S/C31H52N6/c1-5-25(4)29-22-35(31(33)36(29)18-16-26-10-8-9-24(3)19-26)17-7-6-11-28-20-34-30(32)37(28)21-27-14-12-23(2)13-15-27/h8-10,19,23,25,27-29,33H,5-7,11-18,20-22H2,1-4H3,(H2,32,34)/t23?,25?,27?,28-,29+/m0/s1. The van der Waals surface area contributed by atoms with Crippen molar-refractivity contribution in [2.24, 2.45) is 17.8 Å². The summed E-state index contributed by atoms with van der Waals surface area (Å²) < 4.78 is 0. The molecule has 1 unspecified atom stereocenters. The molecule has 4 rings (SSSR count). The Kier molecular flexibility index (Phi) is 9.77. The summed E-state index contributed by atoms with van der Waals surface area (Å²) in [6.45, 7) is 14.1. The van der Waals surface area contributed by atoms with Crippen molar-refractivity contribution in [2.75, 3.05) is 32.7 Å². The van der Waals surface area contributed by atoms with Crippen molar-refractivity contribution in [3.8, 4) is 0 Å². The number of nitrogens with zero attached hydrogens (tertiary/aromatic N) is 3. The maximum absolute atomic E-state index is 8.99. The van der Waals surface area contributed by atoms with E-state index in [-0.39, 0.29) is 0 Å². The van der Waals surface area contributed by atoms with Crippen LogP contribution in [0.25, 0.3) is 0 Å². The second kappa shape index (κ2) is 13.0. The van der Waals surface area contributed by atoms with E-state index >= 15 is 0 Å². The van der Waals surface area contributed by atoms with Gasteiger partial charge in [0.15, 0.2) is 11.9 Å². The summed E-state index contributed by atoms with van der Waals surface area (Å²) in [5.41, 5.74) is 2.69. The zero-order valence-electron chi connectivity index (χ0n) is 23.9. The van der Waals surface area contributed by atoms with E-state index in [0.717, 1.165) is 76.2 Å². The van der Waals surface area contributed by atoms with Gasteiger partial charge >= 0.3 is 0 Å². The molecule has 2 heterocycles. The van der Waals surface area contributed by atoms with Crippen LogP contribution < -0.4 is 5.32 Å². The Morgan fingerprint density at radius 2 is 1.84 bits per heavy atom. The average molecular weight is 509 g/mol. The topological polar surface area (TPSA) is 69.5 Å². The average Bonchev–Trinajstić information content (AvgIpc) is 3.40. The fraction of sp³-hybridized carbons (Fsp3) is 0.742. The molecule has 1 saturated carbocycles. The first-order chi connectivity index (χ1) is 17.9. The van der Waals surface area contributed by atoms with Crippen molar-refractivity contribution in [2.45, 2.75) is 97.6 Å². The van der Waals surface area contributed by atoms with E-state index in [2.05, 4.69) is 72.0 Å². The lowest BCUT2D eigenvalue weighted by Crippen LogP contribution is -2.40. The molecule has 0 radical (unpaired) electrons. The Morgan fingerprint density at radius 3 is 2.57 bits per heavy atom. The number of aryl methyl sites for hydroxylation is 1. The normalized spacial score (nSPS) is 27.2.